The molecule has 4 heterocycles. The molecular formula is C26H27F5N6O2. The molecule has 3 aromatic rings. The molecule has 2 aliphatic rings. The Bertz CT molecular complexity index is 1420. The average molecular weight is 551 g/mol. The number of benzene rings is 1. The highest BCUT2D eigenvalue weighted by molar-refractivity contribution is 5.86. The number of halogens is 5. The van der Waals surface area contributed by atoms with Gasteiger partial charge in [-0.15, -0.1) is 0 Å². The molecule has 1 aromatic carbocycles. The number of alkyl halides is 3. The zero-order chi connectivity index (χ0) is 28.1. The smallest absolute Gasteiger partial charge is 0.417 e. The SMILES string of the molecule is COc1c([C@H]2[C@H](c3nc4c(N5CCNC(CC#N)C5)nccc4[nH]3)O[C@@](C)(C(F)(F)F)[C@H]2C)ccc(F)c1F. The third kappa shape index (κ3) is 4.45. The Hall–Kier alpha value is -3.50. The number of hydrogen-bond acceptors (Lipinski definition) is 7. The van der Waals surface area contributed by atoms with Gasteiger partial charge in [-0.2, -0.15) is 22.8 Å². The van der Waals surface area contributed by atoms with Crippen molar-refractivity contribution < 1.29 is 31.4 Å². The van der Waals surface area contributed by atoms with Gasteiger partial charge in [-0.3, -0.25) is 0 Å². The van der Waals surface area contributed by atoms with Gasteiger partial charge < -0.3 is 24.7 Å². The maximum atomic E-state index is 14.7. The van der Waals surface area contributed by atoms with E-state index in [4.69, 9.17) is 14.7 Å². The van der Waals surface area contributed by atoms with Gasteiger partial charge in [0.15, 0.2) is 23.0 Å². The van der Waals surface area contributed by atoms with Crippen LogP contribution in [0.25, 0.3) is 11.0 Å². The molecule has 2 aliphatic heterocycles. The van der Waals surface area contributed by atoms with Crippen molar-refractivity contribution in [1.82, 2.24) is 20.3 Å². The second kappa shape index (κ2) is 9.91. The lowest BCUT2D eigenvalue weighted by molar-refractivity contribution is -0.275. The number of aromatic nitrogens is 3. The second-order valence-corrected chi connectivity index (χ2v) is 10.1. The molecule has 0 amide bonds. The van der Waals surface area contributed by atoms with E-state index in [0.717, 1.165) is 20.1 Å². The van der Waals surface area contributed by atoms with Gasteiger partial charge in [-0.25, -0.2) is 14.4 Å². The highest BCUT2D eigenvalue weighted by Gasteiger charge is 2.65. The Kier molecular flexibility index (Phi) is 6.88. The molecule has 13 heteroatoms. The molecule has 5 rings (SSSR count). The molecular weight excluding hydrogens is 523 g/mol. The summed E-state index contributed by atoms with van der Waals surface area (Å²) in [5.41, 5.74) is -1.61. The van der Waals surface area contributed by atoms with Crippen molar-refractivity contribution in [3.05, 3.63) is 47.4 Å². The molecule has 2 N–H and O–H groups in total. The van der Waals surface area contributed by atoms with Crippen molar-refractivity contribution in [2.45, 2.75) is 50.1 Å². The van der Waals surface area contributed by atoms with Crippen LogP contribution in [0.1, 0.15) is 43.7 Å². The fraction of sp³-hybridized carbons (Fsp3) is 0.500. The molecule has 2 fully saturated rings. The number of nitriles is 1. The molecule has 0 saturated carbocycles. The molecule has 0 radical (unpaired) electrons. The van der Waals surface area contributed by atoms with Crippen LogP contribution in [0.2, 0.25) is 0 Å². The zero-order valence-corrected chi connectivity index (χ0v) is 21.4. The van der Waals surface area contributed by atoms with Crippen LogP contribution in [0.5, 0.6) is 5.75 Å². The summed E-state index contributed by atoms with van der Waals surface area (Å²) >= 11 is 0. The predicted molar refractivity (Wildman–Crippen MR) is 131 cm³/mol. The number of imidazole rings is 1. The first-order valence-electron chi connectivity index (χ1n) is 12.5. The molecule has 208 valence electrons. The van der Waals surface area contributed by atoms with E-state index in [1.54, 1.807) is 12.3 Å². The van der Waals surface area contributed by atoms with Gasteiger partial charge in [-0.05, 0) is 19.1 Å². The van der Waals surface area contributed by atoms with Crippen LogP contribution in [0.3, 0.4) is 0 Å². The zero-order valence-electron chi connectivity index (χ0n) is 21.4. The lowest BCUT2D eigenvalue weighted by Crippen LogP contribution is -2.50. The van der Waals surface area contributed by atoms with Gasteiger partial charge in [0.05, 0.1) is 25.1 Å². The summed E-state index contributed by atoms with van der Waals surface area (Å²) in [6, 6.07) is 5.82. The van der Waals surface area contributed by atoms with E-state index in [2.05, 4.69) is 26.3 Å². The Labute approximate surface area is 221 Å². The Morgan fingerprint density at radius 3 is 2.74 bits per heavy atom. The first kappa shape index (κ1) is 27.1. The van der Waals surface area contributed by atoms with Crippen molar-refractivity contribution >= 4 is 16.9 Å². The minimum absolute atomic E-state index is 0.0436. The highest BCUT2D eigenvalue weighted by atomic mass is 19.4. The monoisotopic (exact) mass is 550 g/mol. The van der Waals surface area contributed by atoms with Crippen molar-refractivity contribution in [1.29, 1.82) is 5.26 Å². The van der Waals surface area contributed by atoms with Crippen LogP contribution in [-0.2, 0) is 4.74 Å². The Balaban J connectivity index is 1.62. The Morgan fingerprint density at radius 1 is 1.28 bits per heavy atom. The van der Waals surface area contributed by atoms with E-state index >= 15 is 0 Å². The summed E-state index contributed by atoms with van der Waals surface area (Å²) in [6.45, 7) is 4.02. The van der Waals surface area contributed by atoms with Gasteiger partial charge in [0.25, 0.3) is 0 Å². The van der Waals surface area contributed by atoms with Crippen LogP contribution < -0.4 is 15.0 Å². The van der Waals surface area contributed by atoms with Gasteiger partial charge in [-0.1, -0.05) is 13.0 Å². The number of hydrogen-bond donors (Lipinski definition) is 2. The number of nitrogens with zero attached hydrogens (tertiary/aromatic N) is 4. The average Bonchev–Trinajstić information content (AvgIpc) is 3.45. The second-order valence-electron chi connectivity index (χ2n) is 10.1. The minimum Gasteiger partial charge on any atom is -0.493 e. The van der Waals surface area contributed by atoms with Crippen LogP contribution in [-0.4, -0.2) is 59.5 Å². The van der Waals surface area contributed by atoms with E-state index in [-0.39, 0.29) is 17.4 Å². The number of rotatable bonds is 5. The molecule has 0 aliphatic carbocycles. The fourth-order valence-electron chi connectivity index (χ4n) is 5.62. The molecule has 39 heavy (non-hydrogen) atoms. The van der Waals surface area contributed by atoms with Crippen LogP contribution in [0.4, 0.5) is 27.8 Å². The number of piperazine rings is 1. The van der Waals surface area contributed by atoms with E-state index in [9.17, 15) is 22.0 Å². The highest BCUT2D eigenvalue weighted by Crippen LogP contribution is 2.59. The van der Waals surface area contributed by atoms with E-state index in [1.807, 2.05) is 4.90 Å². The summed E-state index contributed by atoms with van der Waals surface area (Å²) in [6.07, 6.45) is -4.19. The van der Waals surface area contributed by atoms with E-state index in [0.29, 0.717) is 42.9 Å². The number of aromatic amines is 1. The van der Waals surface area contributed by atoms with Crippen molar-refractivity contribution in [3.8, 4) is 11.8 Å². The van der Waals surface area contributed by atoms with Crippen molar-refractivity contribution in [3.63, 3.8) is 0 Å². The summed E-state index contributed by atoms with van der Waals surface area (Å²) in [5, 5.41) is 12.4. The normalized spacial score (nSPS) is 27.6. The quantitative estimate of drug-likeness (QED) is 0.443. The predicted octanol–water partition coefficient (Wildman–Crippen LogP) is 4.75. The molecule has 5 atom stereocenters. The fourth-order valence-corrected chi connectivity index (χ4v) is 5.62. The number of ether oxygens (including phenoxy) is 2. The number of nitrogens with one attached hydrogen (secondary N) is 2. The van der Waals surface area contributed by atoms with E-state index < -0.39 is 47.1 Å². The third-order valence-electron chi connectivity index (χ3n) is 7.87. The van der Waals surface area contributed by atoms with Gasteiger partial charge in [0, 0.05) is 49.3 Å². The van der Waals surface area contributed by atoms with Gasteiger partial charge in [0.2, 0.25) is 5.82 Å². The maximum Gasteiger partial charge on any atom is 0.417 e. The molecule has 1 unspecified atom stereocenters. The molecule has 2 aromatic heterocycles. The molecule has 0 bridgehead atoms. The first-order chi connectivity index (χ1) is 18.5. The topological polar surface area (TPSA) is 99.1 Å². The maximum absolute atomic E-state index is 14.7. The lowest BCUT2D eigenvalue weighted by atomic mass is 9.77. The number of anilines is 1. The number of methoxy groups -OCH3 is 1. The van der Waals surface area contributed by atoms with Gasteiger partial charge >= 0.3 is 6.18 Å². The summed E-state index contributed by atoms with van der Waals surface area (Å²) in [4.78, 5) is 14.2. The summed E-state index contributed by atoms with van der Waals surface area (Å²) < 4.78 is 82.6. The molecule has 0 spiro atoms. The molecule has 8 nitrogen and oxygen atoms in total. The molecule has 2 saturated heterocycles. The van der Waals surface area contributed by atoms with Crippen LogP contribution in [0, 0.1) is 28.9 Å². The van der Waals surface area contributed by atoms with Gasteiger partial charge in [0.1, 0.15) is 17.4 Å². The van der Waals surface area contributed by atoms with Crippen molar-refractivity contribution in [2.24, 2.45) is 5.92 Å². The largest absolute Gasteiger partial charge is 0.493 e. The van der Waals surface area contributed by atoms with Crippen molar-refractivity contribution in [2.75, 3.05) is 31.6 Å². The number of fused-ring (bicyclic) bond motifs is 1. The summed E-state index contributed by atoms with van der Waals surface area (Å²) in [7, 11) is 1.13. The van der Waals surface area contributed by atoms with Crippen LogP contribution in [0.15, 0.2) is 24.4 Å². The first-order valence-corrected chi connectivity index (χ1v) is 12.5. The lowest BCUT2D eigenvalue weighted by Gasteiger charge is -2.33. The Morgan fingerprint density at radius 2 is 2.05 bits per heavy atom. The third-order valence-corrected chi connectivity index (χ3v) is 7.87. The van der Waals surface area contributed by atoms with E-state index in [1.165, 1.54) is 13.0 Å². The number of pyridine rings is 1. The number of H-pyrrole nitrogens is 1. The van der Waals surface area contributed by atoms with Crippen LogP contribution >= 0.6 is 0 Å². The minimum atomic E-state index is -4.76. The standard InChI is InChI=1S/C26H27F5N6O2/c1-13-18(15-4-5-16(27)19(28)21(15)38-3)22(39-25(13,2)26(29,30)31)23-35-17-7-9-34-24(20(17)36-23)37-11-10-33-14(12-37)6-8-32/h4-5,7,9,13-14,18,22,33H,6,10-12H2,1-3H3,(H,35,36)/t13-,14?,18-,22+,25+/m0/s1. The summed E-state index contributed by atoms with van der Waals surface area (Å²) in [5.74, 6) is -4.63.